The summed E-state index contributed by atoms with van der Waals surface area (Å²) < 4.78 is 0. The summed E-state index contributed by atoms with van der Waals surface area (Å²) in [6.07, 6.45) is 1.19. The monoisotopic (exact) mass is 417 g/mol. The van der Waals surface area contributed by atoms with Crippen LogP contribution in [-0.2, 0) is 21.7 Å². The van der Waals surface area contributed by atoms with Crippen LogP contribution in [0.5, 0.6) is 0 Å². The van der Waals surface area contributed by atoms with E-state index < -0.39 is 0 Å². The number of fused-ring (bicyclic) bond motifs is 3. The van der Waals surface area contributed by atoms with Crippen molar-refractivity contribution in [3.63, 3.8) is 0 Å². The molecule has 2 aromatic rings. The van der Waals surface area contributed by atoms with Gasteiger partial charge < -0.3 is 42.1 Å². The van der Waals surface area contributed by atoms with Crippen LogP contribution in [0.1, 0.15) is 37.3 Å². The van der Waals surface area contributed by atoms with E-state index in [0.29, 0.717) is 5.92 Å². The number of rotatable bonds is 5. The zero-order valence-electron chi connectivity index (χ0n) is 14.0. The number of benzene rings is 2. The van der Waals surface area contributed by atoms with E-state index in [0.717, 1.165) is 19.6 Å². The fraction of sp³-hybridized carbons (Fsp3) is 0.368. The molecule has 1 aliphatic carbocycles. The van der Waals surface area contributed by atoms with Crippen molar-refractivity contribution in [2.75, 3.05) is 19.6 Å². The second kappa shape index (κ2) is 12.4. The Bertz CT molecular complexity index is 557. The number of halogens is 3. The summed E-state index contributed by atoms with van der Waals surface area (Å²) in [4.78, 5) is 2.50. The third kappa shape index (κ3) is 5.24. The minimum atomic E-state index is 0. The van der Waals surface area contributed by atoms with Crippen molar-refractivity contribution < 1.29 is 58.9 Å². The first-order valence-electron chi connectivity index (χ1n) is 7.67. The van der Waals surface area contributed by atoms with Crippen LogP contribution >= 0.6 is 0 Å². The van der Waals surface area contributed by atoms with E-state index in [-0.39, 0.29) is 58.9 Å². The second-order valence-electron chi connectivity index (χ2n) is 5.45. The third-order valence-corrected chi connectivity index (χ3v) is 4.49. The van der Waals surface area contributed by atoms with Crippen LogP contribution in [-0.4, -0.2) is 24.5 Å². The molecule has 0 heterocycles. The van der Waals surface area contributed by atoms with Gasteiger partial charge in [-0.1, -0.05) is 43.7 Å². The Labute approximate surface area is 179 Å². The molecule has 1 atom stereocenters. The Balaban J connectivity index is 0. The Kier molecular flexibility index (Phi) is 13.5. The van der Waals surface area contributed by atoms with Crippen molar-refractivity contribution in [1.82, 2.24) is 4.90 Å². The summed E-state index contributed by atoms with van der Waals surface area (Å²) >= 11 is 0. The largest absolute Gasteiger partial charge is 4.00 e. The van der Waals surface area contributed by atoms with Gasteiger partial charge in [0.05, 0.1) is 0 Å². The third-order valence-electron chi connectivity index (χ3n) is 4.49. The predicted octanol–water partition coefficient (Wildman–Crippen LogP) is -4.66. The summed E-state index contributed by atoms with van der Waals surface area (Å²) in [5.41, 5.74) is 5.66. The molecular weight excluding hydrogens is 396 g/mol. The molecule has 24 heavy (non-hydrogen) atoms. The Hall–Kier alpha value is -0.0157. The van der Waals surface area contributed by atoms with Crippen LogP contribution in [0.2, 0.25) is 0 Å². The molecule has 0 saturated carbocycles. The Morgan fingerprint density at radius 2 is 1.54 bits per heavy atom. The quantitative estimate of drug-likeness (QED) is 0.349. The van der Waals surface area contributed by atoms with Crippen LogP contribution in [0.15, 0.2) is 42.5 Å². The smallest absolute Gasteiger partial charge is 1.00 e. The number of nitrogens with zero attached hydrogens (tertiary/aromatic N) is 1. The van der Waals surface area contributed by atoms with Crippen molar-refractivity contribution in [3.8, 4) is 11.1 Å². The normalized spacial score (nSPS) is 13.5. The first-order chi connectivity index (χ1) is 9.85. The molecule has 1 aliphatic rings. The molecule has 0 saturated heterocycles. The molecule has 2 aromatic carbocycles. The average Bonchev–Trinajstić information content (AvgIpc) is 2.83. The van der Waals surface area contributed by atoms with Crippen molar-refractivity contribution >= 4 is 0 Å². The summed E-state index contributed by atoms with van der Waals surface area (Å²) in [6.45, 7) is 7.92. The Morgan fingerprint density at radius 1 is 0.917 bits per heavy atom. The number of hydrogen-bond acceptors (Lipinski definition) is 1. The van der Waals surface area contributed by atoms with Gasteiger partial charge in [-0.25, -0.2) is 0 Å². The van der Waals surface area contributed by atoms with Crippen LogP contribution in [0, 0.1) is 6.07 Å². The van der Waals surface area contributed by atoms with Gasteiger partial charge in [-0.2, -0.15) is 24.3 Å². The van der Waals surface area contributed by atoms with E-state index >= 15 is 0 Å². The van der Waals surface area contributed by atoms with Crippen molar-refractivity contribution in [2.24, 2.45) is 0 Å². The molecular formula is C19H22Cl3NTi. The predicted molar refractivity (Wildman–Crippen MR) is 85.0 cm³/mol. The molecule has 0 aliphatic heterocycles. The van der Waals surface area contributed by atoms with E-state index in [4.69, 9.17) is 0 Å². The molecule has 0 N–H and O–H groups in total. The second-order valence-corrected chi connectivity index (χ2v) is 5.45. The average molecular weight is 419 g/mol. The van der Waals surface area contributed by atoms with Gasteiger partial charge in [0.1, 0.15) is 0 Å². The van der Waals surface area contributed by atoms with Gasteiger partial charge in [0.15, 0.2) is 0 Å². The van der Waals surface area contributed by atoms with E-state index in [9.17, 15) is 0 Å². The van der Waals surface area contributed by atoms with Gasteiger partial charge in [0.25, 0.3) is 0 Å². The molecule has 0 bridgehead atoms. The van der Waals surface area contributed by atoms with Gasteiger partial charge in [0.2, 0.25) is 0 Å². The molecule has 128 valence electrons. The van der Waals surface area contributed by atoms with Crippen LogP contribution < -0.4 is 37.2 Å². The summed E-state index contributed by atoms with van der Waals surface area (Å²) in [6, 6.07) is 18.7. The van der Waals surface area contributed by atoms with Gasteiger partial charge in [0, 0.05) is 0 Å². The topological polar surface area (TPSA) is 3.24 Å². The maximum atomic E-state index is 3.49. The van der Waals surface area contributed by atoms with Gasteiger partial charge >= 0.3 is 21.7 Å². The maximum Gasteiger partial charge on any atom is 4.00 e. The molecule has 0 aromatic heterocycles. The van der Waals surface area contributed by atoms with Crippen LogP contribution in [0.4, 0.5) is 0 Å². The van der Waals surface area contributed by atoms with Crippen molar-refractivity contribution in [3.05, 3.63) is 59.7 Å². The first-order valence-corrected chi connectivity index (χ1v) is 7.67. The van der Waals surface area contributed by atoms with E-state index in [2.05, 4.69) is 67.3 Å². The molecule has 0 radical (unpaired) electrons. The molecule has 1 nitrogen and oxygen atoms in total. The fourth-order valence-electron chi connectivity index (χ4n) is 3.33. The van der Waals surface area contributed by atoms with E-state index in [1.165, 1.54) is 28.7 Å². The summed E-state index contributed by atoms with van der Waals surface area (Å²) in [5.74, 6) is 0.517. The van der Waals surface area contributed by atoms with Gasteiger partial charge in [-0.3, -0.25) is 0 Å². The SMILES string of the molecule is CCN(CC)CCC1c2[c-]cccc2-c2ccccc21.[Cl-].[Cl-].[Cl-].[Ti+4]. The van der Waals surface area contributed by atoms with Crippen molar-refractivity contribution in [2.45, 2.75) is 26.2 Å². The Morgan fingerprint density at radius 3 is 2.21 bits per heavy atom. The molecule has 3 rings (SSSR count). The van der Waals surface area contributed by atoms with E-state index in [1.807, 2.05) is 0 Å². The summed E-state index contributed by atoms with van der Waals surface area (Å²) in [5, 5.41) is 0. The zero-order valence-corrected chi connectivity index (χ0v) is 17.9. The van der Waals surface area contributed by atoms with Crippen LogP contribution in [0.25, 0.3) is 11.1 Å². The molecule has 5 heteroatoms. The summed E-state index contributed by atoms with van der Waals surface area (Å²) in [7, 11) is 0. The van der Waals surface area contributed by atoms with Gasteiger partial charge in [-0.15, -0.1) is 11.1 Å². The zero-order chi connectivity index (χ0) is 13.9. The first kappa shape index (κ1) is 26.2. The van der Waals surface area contributed by atoms with Crippen molar-refractivity contribution in [1.29, 1.82) is 0 Å². The maximum absolute atomic E-state index is 3.49. The number of hydrogen-bond donors (Lipinski definition) is 0. The van der Waals surface area contributed by atoms with Crippen LogP contribution in [0.3, 0.4) is 0 Å². The molecule has 0 spiro atoms. The van der Waals surface area contributed by atoms with Gasteiger partial charge in [-0.05, 0) is 37.5 Å². The molecule has 1 unspecified atom stereocenters. The fourth-order valence-corrected chi connectivity index (χ4v) is 3.33. The van der Waals surface area contributed by atoms with E-state index in [1.54, 1.807) is 0 Å². The standard InChI is InChI=1S/C19H22N.3ClH.Ti/c1-3-20(4-2)14-13-19-17-11-7-5-9-15(17)16-10-6-8-12-18(16)19;;;;/h5-11,19H,3-4,13-14H2,1-2H3;3*1H;/q-1;;;;+4/p-3. The molecule has 0 amide bonds. The minimum Gasteiger partial charge on any atom is -1.00 e. The minimum absolute atomic E-state index is 0. The molecule has 0 fully saturated rings.